The van der Waals surface area contributed by atoms with Crippen LogP contribution in [0, 0.1) is 12.3 Å². The quantitative estimate of drug-likeness (QED) is 0.776. The Hall–Kier alpha value is -1.43. The number of aryl methyl sites for hydroxylation is 2. The van der Waals surface area contributed by atoms with E-state index in [2.05, 4.69) is 17.2 Å². The molecule has 6 heteroatoms. The van der Waals surface area contributed by atoms with E-state index >= 15 is 0 Å². The first-order chi connectivity index (χ1) is 8.99. The van der Waals surface area contributed by atoms with E-state index in [1.807, 2.05) is 6.92 Å². The van der Waals surface area contributed by atoms with Crippen LogP contribution in [0.4, 0.5) is 0 Å². The van der Waals surface area contributed by atoms with Crippen molar-refractivity contribution >= 4 is 23.2 Å². The predicted octanol–water partition coefficient (Wildman–Crippen LogP) is 1.54. The zero-order valence-corrected chi connectivity index (χ0v) is 12.0. The van der Waals surface area contributed by atoms with Gasteiger partial charge in [0, 0.05) is 17.8 Å². The van der Waals surface area contributed by atoms with Crippen LogP contribution in [0.25, 0.3) is 0 Å². The Labute approximate surface area is 116 Å². The fraction of sp³-hybridized carbons (Fsp3) is 0.615. The Bertz CT molecular complexity index is 506. The zero-order chi connectivity index (χ0) is 14.0. The number of hydrogen-bond acceptors (Lipinski definition) is 4. The monoisotopic (exact) mass is 282 g/mol. The molecule has 0 bridgehead atoms. The lowest BCUT2D eigenvalue weighted by Crippen LogP contribution is -2.37. The molecule has 2 N–H and O–H groups in total. The summed E-state index contributed by atoms with van der Waals surface area (Å²) in [6.45, 7) is 4.56. The Kier molecular flexibility index (Phi) is 3.89. The Balaban J connectivity index is 1.83. The molecule has 5 nitrogen and oxygen atoms in total. The summed E-state index contributed by atoms with van der Waals surface area (Å²) in [7, 11) is 0. The lowest BCUT2D eigenvalue weighted by Gasteiger charge is -2.09. The Morgan fingerprint density at radius 2 is 2.16 bits per heavy atom. The van der Waals surface area contributed by atoms with Gasteiger partial charge in [-0.1, -0.05) is 6.92 Å². The molecule has 1 heterocycles. The SMILES string of the molecule is CCc1nc(CCNC(=O)C2(C(=O)O)CC2)sc1C. The average Bonchev–Trinajstić information content (AvgIpc) is 3.10. The summed E-state index contributed by atoms with van der Waals surface area (Å²) in [4.78, 5) is 28.5. The minimum atomic E-state index is -1.15. The number of thiazole rings is 1. The summed E-state index contributed by atoms with van der Waals surface area (Å²) in [6.07, 6.45) is 2.47. The molecule has 1 aliphatic rings. The number of carbonyl (C=O) groups is 2. The van der Waals surface area contributed by atoms with Gasteiger partial charge in [-0.2, -0.15) is 0 Å². The van der Waals surface area contributed by atoms with Crippen LogP contribution in [0.2, 0.25) is 0 Å². The maximum atomic E-state index is 11.8. The molecule has 1 aliphatic carbocycles. The molecule has 0 saturated heterocycles. The van der Waals surface area contributed by atoms with Gasteiger partial charge < -0.3 is 10.4 Å². The fourth-order valence-electron chi connectivity index (χ4n) is 2.04. The molecular weight excluding hydrogens is 264 g/mol. The van der Waals surface area contributed by atoms with Crippen molar-refractivity contribution in [2.24, 2.45) is 5.41 Å². The lowest BCUT2D eigenvalue weighted by atomic mass is 10.1. The minimum Gasteiger partial charge on any atom is -0.480 e. The molecule has 0 aliphatic heterocycles. The topological polar surface area (TPSA) is 79.3 Å². The van der Waals surface area contributed by atoms with Gasteiger partial charge >= 0.3 is 5.97 Å². The highest BCUT2D eigenvalue weighted by Crippen LogP contribution is 2.46. The second-order valence-electron chi connectivity index (χ2n) is 4.86. The molecule has 104 valence electrons. The maximum Gasteiger partial charge on any atom is 0.319 e. The van der Waals surface area contributed by atoms with Crippen LogP contribution in [-0.4, -0.2) is 28.5 Å². The number of rotatable bonds is 6. The fourth-order valence-corrected chi connectivity index (χ4v) is 3.06. The third-order valence-electron chi connectivity index (χ3n) is 3.49. The van der Waals surface area contributed by atoms with Crippen LogP contribution >= 0.6 is 11.3 Å². The molecule has 1 aromatic rings. The van der Waals surface area contributed by atoms with Gasteiger partial charge in [0.1, 0.15) is 5.41 Å². The van der Waals surface area contributed by atoms with Crippen LogP contribution in [0.3, 0.4) is 0 Å². The number of nitrogens with one attached hydrogen (secondary N) is 1. The molecule has 1 amide bonds. The molecule has 0 radical (unpaired) electrons. The second-order valence-corrected chi connectivity index (χ2v) is 6.14. The van der Waals surface area contributed by atoms with Gasteiger partial charge in [-0.15, -0.1) is 11.3 Å². The third-order valence-corrected chi connectivity index (χ3v) is 4.56. The van der Waals surface area contributed by atoms with E-state index in [1.165, 1.54) is 4.88 Å². The van der Waals surface area contributed by atoms with Crippen LogP contribution in [0.1, 0.15) is 35.3 Å². The standard InChI is InChI=1S/C13H18N2O3S/c1-3-9-8(2)19-10(15-9)4-7-14-11(16)13(5-6-13)12(17)18/h3-7H2,1-2H3,(H,14,16)(H,17,18). The minimum absolute atomic E-state index is 0.357. The zero-order valence-electron chi connectivity index (χ0n) is 11.2. The molecule has 0 atom stereocenters. The van der Waals surface area contributed by atoms with Crippen molar-refractivity contribution in [1.29, 1.82) is 0 Å². The van der Waals surface area contributed by atoms with Crippen molar-refractivity contribution in [2.45, 2.75) is 39.5 Å². The molecule has 0 spiro atoms. The van der Waals surface area contributed by atoms with Gasteiger partial charge in [-0.05, 0) is 26.2 Å². The van der Waals surface area contributed by atoms with Crippen LogP contribution in [0.5, 0.6) is 0 Å². The van der Waals surface area contributed by atoms with E-state index in [4.69, 9.17) is 5.11 Å². The first-order valence-electron chi connectivity index (χ1n) is 6.46. The van der Waals surface area contributed by atoms with Crippen LogP contribution in [-0.2, 0) is 22.4 Å². The Morgan fingerprint density at radius 1 is 1.47 bits per heavy atom. The summed E-state index contributed by atoms with van der Waals surface area (Å²) in [5, 5.41) is 12.7. The number of aliphatic carboxylic acids is 1. The van der Waals surface area contributed by atoms with Gasteiger partial charge in [0.2, 0.25) is 5.91 Å². The highest BCUT2D eigenvalue weighted by atomic mass is 32.1. The Morgan fingerprint density at radius 3 is 2.63 bits per heavy atom. The maximum absolute atomic E-state index is 11.8. The number of amides is 1. The van der Waals surface area contributed by atoms with Gasteiger partial charge in [0.05, 0.1) is 10.7 Å². The van der Waals surface area contributed by atoms with E-state index in [1.54, 1.807) is 11.3 Å². The van der Waals surface area contributed by atoms with Crippen molar-refractivity contribution in [2.75, 3.05) is 6.54 Å². The second kappa shape index (κ2) is 5.28. The van der Waals surface area contributed by atoms with Gasteiger partial charge in [0.15, 0.2) is 0 Å². The molecular formula is C13H18N2O3S. The van der Waals surface area contributed by atoms with E-state index in [9.17, 15) is 9.59 Å². The molecule has 1 aromatic heterocycles. The van der Waals surface area contributed by atoms with Gasteiger partial charge in [-0.3, -0.25) is 9.59 Å². The van der Waals surface area contributed by atoms with Crippen molar-refractivity contribution in [3.8, 4) is 0 Å². The number of hydrogen-bond donors (Lipinski definition) is 2. The average molecular weight is 282 g/mol. The smallest absolute Gasteiger partial charge is 0.319 e. The summed E-state index contributed by atoms with van der Waals surface area (Å²) in [5.41, 5.74) is -0.0385. The van der Waals surface area contributed by atoms with E-state index in [0.29, 0.717) is 25.8 Å². The van der Waals surface area contributed by atoms with Crippen molar-refractivity contribution in [3.63, 3.8) is 0 Å². The largest absolute Gasteiger partial charge is 0.480 e. The summed E-state index contributed by atoms with van der Waals surface area (Å²) in [5.74, 6) is -1.37. The molecule has 1 saturated carbocycles. The third kappa shape index (κ3) is 2.78. The molecule has 2 rings (SSSR count). The van der Waals surface area contributed by atoms with Crippen LogP contribution in [0.15, 0.2) is 0 Å². The summed E-state index contributed by atoms with van der Waals surface area (Å²) in [6, 6.07) is 0. The van der Waals surface area contributed by atoms with Crippen molar-refractivity contribution in [1.82, 2.24) is 10.3 Å². The van der Waals surface area contributed by atoms with E-state index in [-0.39, 0.29) is 5.91 Å². The number of aromatic nitrogens is 1. The predicted molar refractivity (Wildman–Crippen MR) is 72.2 cm³/mol. The molecule has 0 aromatic carbocycles. The molecule has 0 unspecified atom stereocenters. The molecule has 19 heavy (non-hydrogen) atoms. The highest BCUT2D eigenvalue weighted by molar-refractivity contribution is 7.11. The molecule has 1 fully saturated rings. The van der Waals surface area contributed by atoms with Crippen LogP contribution < -0.4 is 5.32 Å². The number of carboxylic acid groups (broad SMARTS) is 1. The van der Waals surface area contributed by atoms with Crippen molar-refractivity contribution < 1.29 is 14.7 Å². The van der Waals surface area contributed by atoms with Gasteiger partial charge in [0.25, 0.3) is 0 Å². The number of carboxylic acids is 1. The lowest BCUT2D eigenvalue weighted by molar-refractivity contribution is -0.149. The summed E-state index contributed by atoms with van der Waals surface area (Å²) >= 11 is 1.64. The van der Waals surface area contributed by atoms with E-state index < -0.39 is 11.4 Å². The number of nitrogens with zero attached hydrogens (tertiary/aromatic N) is 1. The van der Waals surface area contributed by atoms with E-state index in [0.717, 1.165) is 17.1 Å². The first-order valence-corrected chi connectivity index (χ1v) is 7.28. The normalized spacial score (nSPS) is 16.1. The van der Waals surface area contributed by atoms with Crippen molar-refractivity contribution in [3.05, 3.63) is 15.6 Å². The number of carbonyl (C=O) groups excluding carboxylic acids is 1. The first kappa shape index (κ1) is 14.0. The highest BCUT2D eigenvalue weighted by Gasteiger charge is 2.56. The summed E-state index contributed by atoms with van der Waals surface area (Å²) < 4.78 is 0. The van der Waals surface area contributed by atoms with Gasteiger partial charge in [-0.25, -0.2) is 4.98 Å².